The molecule has 2 rings (SSSR count). The Hall–Kier alpha value is -2.15. The van der Waals surface area contributed by atoms with Crippen molar-refractivity contribution in [3.63, 3.8) is 0 Å². The van der Waals surface area contributed by atoms with Gasteiger partial charge in [0.25, 0.3) is 0 Å². The summed E-state index contributed by atoms with van der Waals surface area (Å²) in [5.74, 6) is 0.721. The molecule has 0 aliphatic heterocycles. The van der Waals surface area contributed by atoms with Crippen molar-refractivity contribution in [1.29, 1.82) is 5.26 Å². The Morgan fingerprint density at radius 3 is 3.00 bits per heavy atom. The Balaban J connectivity index is 2.56. The summed E-state index contributed by atoms with van der Waals surface area (Å²) in [6, 6.07) is 7.49. The smallest absolute Gasteiger partial charge is 0.141 e. The van der Waals surface area contributed by atoms with Crippen molar-refractivity contribution in [2.75, 3.05) is 0 Å². The molecule has 0 saturated carbocycles. The fraction of sp³-hybridized carbons (Fsp3) is 0.100. The molecule has 0 aliphatic rings. The van der Waals surface area contributed by atoms with Crippen LogP contribution in [0.15, 0.2) is 30.7 Å². The molecule has 0 aliphatic carbocycles. The molecule has 2 aromatic rings. The fourth-order valence-corrected chi connectivity index (χ4v) is 1.24. The van der Waals surface area contributed by atoms with Crippen molar-refractivity contribution < 1.29 is 0 Å². The molecule has 0 bridgehead atoms. The molecule has 0 atom stereocenters. The topological polar surface area (TPSA) is 54.5 Å². The number of nitriles is 1. The zero-order chi connectivity index (χ0) is 9.97. The van der Waals surface area contributed by atoms with Gasteiger partial charge in [0.2, 0.25) is 0 Å². The average molecular weight is 184 g/mol. The summed E-state index contributed by atoms with van der Waals surface area (Å²) in [6.45, 7) is 1.89. The Bertz CT molecular complexity index is 493. The molecule has 2 aromatic heterocycles. The van der Waals surface area contributed by atoms with Crippen LogP contribution < -0.4 is 0 Å². The van der Waals surface area contributed by atoms with E-state index in [9.17, 15) is 0 Å². The number of hydrogen-bond acceptors (Lipinski definition) is 3. The molecular formula is C10H8N4. The van der Waals surface area contributed by atoms with E-state index in [1.165, 1.54) is 6.33 Å². The van der Waals surface area contributed by atoms with Gasteiger partial charge in [-0.15, -0.1) is 0 Å². The van der Waals surface area contributed by atoms with Crippen LogP contribution in [0.4, 0.5) is 0 Å². The van der Waals surface area contributed by atoms with Gasteiger partial charge < -0.3 is 0 Å². The lowest BCUT2D eigenvalue weighted by Crippen LogP contribution is -1.99. The second-order valence-corrected chi connectivity index (χ2v) is 2.89. The van der Waals surface area contributed by atoms with Crippen LogP contribution in [0.1, 0.15) is 11.4 Å². The molecule has 2 heterocycles. The third-order valence-electron chi connectivity index (χ3n) is 1.90. The summed E-state index contributed by atoms with van der Waals surface area (Å²) in [7, 11) is 0. The zero-order valence-corrected chi connectivity index (χ0v) is 7.68. The molecule has 0 unspecified atom stereocenters. The van der Waals surface area contributed by atoms with E-state index in [0.29, 0.717) is 5.69 Å². The summed E-state index contributed by atoms with van der Waals surface area (Å²) in [4.78, 5) is 8.09. The first-order chi connectivity index (χ1) is 6.81. The van der Waals surface area contributed by atoms with Crippen LogP contribution >= 0.6 is 0 Å². The maximum atomic E-state index is 8.82. The highest BCUT2D eigenvalue weighted by atomic mass is 15.1. The molecule has 0 fully saturated rings. The Kier molecular flexibility index (Phi) is 1.99. The first kappa shape index (κ1) is 8.45. The van der Waals surface area contributed by atoms with E-state index in [0.717, 1.165) is 11.5 Å². The van der Waals surface area contributed by atoms with Gasteiger partial charge in [-0.25, -0.2) is 9.97 Å². The highest BCUT2D eigenvalue weighted by molar-refractivity contribution is 5.33. The summed E-state index contributed by atoms with van der Waals surface area (Å²) in [5.41, 5.74) is 1.45. The lowest BCUT2D eigenvalue weighted by molar-refractivity contribution is 0.952. The summed E-state index contributed by atoms with van der Waals surface area (Å²) in [6.07, 6.45) is 3.30. The van der Waals surface area contributed by atoms with E-state index in [1.54, 1.807) is 16.8 Å². The summed E-state index contributed by atoms with van der Waals surface area (Å²) < 4.78 is 1.73. The van der Waals surface area contributed by atoms with Gasteiger partial charge in [0.15, 0.2) is 0 Å². The first-order valence-electron chi connectivity index (χ1n) is 4.18. The number of aryl methyl sites for hydroxylation is 1. The second kappa shape index (κ2) is 3.30. The maximum Gasteiger partial charge on any atom is 0.141 e. The number of nitrogens with zero attached hydrogens (tertiary/aromatic N) is 4. The monoisotopic (exact) mass is 184 g/mol. The second-order valence-electron chi connectivity index (χ2n) is 2.89. The lowest BCUT2D eigenvalue weighted by Gasteiger charge is -2.02. The van der Waals surface area contributed by atoms with Crippen LogP contribution in [0.2, 0.25) is 0 Å². The Morgan fingerprint density at radius 1 is 1.43 bits per heavy atom. The van der Waals surface area contributed by atoms with Gasteiger partial charge >= 0.3 is 0 Å². The zero-order valence-electron chi connectivity index (χ0n) is 7.68. The fourth-order valence-electron chi connectivity index (χ4n) is 1.24. The third-order valence-corrected chi connectivity index (χ3v) is 1.90. The van der Waals surface area contributed by atoms with Crippen molar-refractivity contribution >= 4 is 0 Å². The van der Waals surface area contributed by atoms with E-state index >= 15 is 0 Å². The molecule has 14 heavy (non-hydrogen) atoms. The van der Waals surface area contributed by atoms with Crippen LogP contribution in [0.25, 0.3) is 5.82 Å². The van der Waals surface area contributed by atoms with Gasteiger partial charge in [-0.3, -0.25) is 4.57 Å². The normalized spacial score (nSPS) is 9.71. The molecule has 0 saturated heterocycles. The SMILES string of the molecule is Cc1cc(-n2cccc2C#N)ncn1. The van der Waals surface area contributed by atoms with Gasteiger partial charge in [0, 0.05) is 18.0 Å². The molecule has 0 spiro atoms. The van der Waals surface area contributed by atoms with E-state index in [2.05, 4.69) is 16.0 Å². The highest BCUT2D eigenvalue weighted by Gasteiger charge is 2.02. The number of rotatable bonds is 1. The van der Waals surface area contributed by atoms with Gasteiger partial charge in [0.05, 0.1) is 0 Å². The predicted octanol–water partition coefficient (Wildman–Crippen LogP) is 1.45. The van der Waals surface area contributed by atoms with Crippen molar-refractivity contribution in [2.45, 2.75) is 6.92 Å². The minimum absolute atomic E-state index is 0.572. The van der Waals surface area contributed by atoms with Crippen molar-refractivity contribution in [3.05, 3.63) is 42.1 Å². The predicted molar refractivity (Wildman–Crippen MR) is 50.8 cm³/mol. The van der Waals surface area contributed by atoms with Crippen LogP contribution in [0.5, 0.6) is 0 Å². The third kappa shape index (κ3) is 1.36. The average Bonchev–Trinajstić information content (AvgIpc) is 2.65. The molecule has 0 N–H and O–H groups in total. The van der Waals surface area contributed by atoms with E-state index in [1.807, 2.05) is 19.1 Å². The van der Waals surface area contributed by atoms with Crippen LogP contribution in [-0.2, 0) is 0 Å². The minimum Gasteiger partial charge on any atom is -0.292 e. The Labute approximate surface area is 81.5 Å². The van der Waals surface area contributed by atoms with Crippen LogP contribution in [0, 0.1) is 18.3 Å². The van der Waals surface area contributed by atoms with E-state index < -0.39 is 0 Å². The standard InChI is InChI=1S/C10H8N4/c1-8-5-10(13-7-12-8)14-4-2-3-9(14)6-11/h2-5,7H,1H3. The quantitative estimate of drug-likeness (QED) is 0.674. The van der Waals surface area contributed by atoms with E-state index in [4.69, 9.17) is 5.26 Å². The van der Waals surface area contributed by atoms with Crippen molar-refractivity contribution in [3.8, 4) is 11.9 Å². The molecule has 4 heteroatoms. The molecule has 68 valence electrons. The van der Waals surface area contributed by atoms with Gasteiger partial charge in [0.1, 0.15) is 23.9 Å². The maximum absolute atomic E-state index is 8.82. The van der Waals surface area contributed by atoms with Crippen LogP contribution in [-0.4, -0.2) is 14.5 Å². The van der Waals surface area contributed by atoms with Crippen molar-refractivity contribution in [1.82, 2.24) is 14.5 Å². The molecule has 0 amide bonds. The summed E-state index contributed by atoms with van der Waals surface area (Å²) in [5, 5.41) is 8.82. The van der Waals surface area contributed by atoms with Gasteiger partial charge in [-0.1, -0.05) is 0 Å². The lowest BCUT2D eigenvalue weighted by atomic mass is 10.4. The number of hydrogen-bond donors (Lipinski definition) is 0. The molecule has 0 radical (unpaired) electrons. The largest absolute Gasteiger partial charge is 0.292 e. The van der Waals surface area contributed by atoms with Gasteiger partial charge in [-0.2, -0.15) is 5.26 Å². The van der Waals surface area contributed by atoms with E-state index in [-0.39, 0.29) is 0 Å². The van der Waals surface area contributed by atoms with Gasteiger partial charge in [-0.05, 0) is 19.1 Å². The van der Waals surface area contributed by atoms with Crippen LogP contribution in [0.3, 0.4) is 0 Å². The number of aromatic nitrogens is 3. The first-order valence-corrected chi connectivity index (χ1v) is 4.18. The summed E-state index contributed by atoms with van der Waals surface area (Å²) >= 11 is 0. The molecular weight excluding hydrogens is 176 g/mol. The minimum atomic E-state index is 0.572. The molecule has 0 aromatic carbocycles. The molecule has 4 nitrogen and oxygen atoms in total. The Morgan fingerprint density at radius 2 is 2.29 bits per heavy atom. The van der Waals surface area contributed by atoms with Crippen molar-refractivity contribution in [2.24, 2.45) is 0 Å². The highest BCUT2D eigenvalue weighted by Crippen LogP contribution is 2.09.